The number of hydrogen-bond acceptors (Lipinski definition) is 1. The first kappa shape index (κ1) is 20.2. The fraction of sp³-hybridized carbons (Fsp3) is 0.640. The van der Waals surface area contributed by atoms with E-state index in [0.717, 1.165) is 24.2 Å². The molecule has 0 atom stereocenters. The summed E-state index contributed by atoms with van der Waals surface area (Å²) in [6.07, 6.45) is 17.3. The normalized spacial score (nSPS) is 29.1. The van der Waals surface area contributed by atoms with Crippen LogP contribution in [0.1, 0.15) is 88.2 Å². The zero-order valence-corrected chi connectivity index (χ0v) is 16.9. The Morgan fingerprint density at radius 2 is 1.56 bits per heavy atom. The van der Waals surface area contributed by atoms with E-state index >= 15 is 0 Å². The predicted molar refractivity (Wildman–Crippen MR) is 112 cm³/mol. The van der Waals surface area contributed by atoms with E-state index in [1.807, 2.05) is 6.08 Å². The molecule has 1 N–H and O–H groups in total. The average Bonchev–Trinajstić information content (AvgIpc) is 2.69. The maximum absolute atomic E-state index is 10.6. The Kier molecular flexibility index (Phi) is 7.55. The Morgan fingerprint density at radius 3 is 2.11 bits per heavy atom. The van der Waals surface area contributed by atoms with Crippen LogP contribution in [0.5, 0.6) is 0 Å². The van der Waals surface area contributed by atoms with Crippen molar-refractivity contribution < 1.29 is 9.90 Å². The van der Waals surface area contributed by atoms with Crippen LogP contribution in [-0.4, -0.2) is 11.1 Å². The van der Waals surface area contributed by atoms with Gasteiger partial charge in [0.15, 0.2) is 0 Å². The fourth-order valence-corrected chi connectivity index (χ4v) is 5.43. The number of carboxylic acids is 1. The zero-order valence-electron chi connectivity index (χ0n) is 16.9. The Hall–Kier alpha value is -1.57. The van der Waals surface area contributed by atoms with Crippen molar-refractivity contribution in [2.45, 2.75) is 83.5 Å². The van der Waals surface area contributed by atoms with Crippen LogP contribution in [0.25, 0.3) is 0 Å². The predicted octanol–water partition coefficient (Wildman–Crippen LogP) is 6.75. The molecule has 0 spiro atoms. The minimum atomic E-state index is -0.819. The van der Waals surface area contributed by atoms with Crippen molar-refractivity contribution in [1.82, 2.24) is 0 Å². The lowest BCUT2D eigenvalue weighted by Gasteiger charge is -2.38. The molecule has 0 heterocycles. The number of aliphatic carboxylic acids is 1. The van der Waals surface area contributed by atoms with Crippen molar-refractivity contribution in [3.63, 3.8) is 0 Å². The van der Waals surface area contributed by atoms with Crippen LogP contribution in [0.2, 0.25) is 0 Å². The number of aryl methyl sites for hydroxylation is 1. The molecule has 2 heteroatoms. The molecule has 2 aliphatic carbocycles. The van der Waals surface area contributed by atoms with Crippen LogP contribution in [0.3, 0.4) is 0 Å². The van der Waals surface area contributed by atoms with Gasteiger partial charge in [-0.15, -0.1) is 0 Å². The third-order valence-corrected chi connectivity index (χ3v) is 7.05. The van der Waals surface area contributed by atoms with Crippen molar-refractivity contribution in [2.24, 2.45) is 17.8 Å². The molecule has 0 saturated heterocycles. The van der Waals surface area contributed by atoms with Crippen LogP contribution in [0, 0.1) is 17.8 Å². The number of carbonyl (C=O) groups is 1. The molecule has 0 radical (unpaired) electrons. The lowest BCUT2D eigenvalue weighted by Crippen LogP contribution is -2.25. The van der Waals surface area contributed by atoms with E-state index in [9.17, 15) is 4.79 Å². The summed E-state index contributed by atoms with van der Waals surface area (Å²) in [4.78, 5) is 10.6. The Labute approximate surface area is 165 Å². The van der Waals surface area contributed by atoms with Gasteiger partial charge >= 0.3 is 5.97 Å². The van der Waals surface area contributed by atoms with Crippen LogP contribution >= 0.6 is 0 Å². The quantitative estimate of drug-likeness (QED) is 0.540. The van der Waals surface area contributed by atoms with Gasteiger partial charge in [-0.3, -0.25) is 0 Å². The standard InChI is InChI=1S/C25H36O2/c1-2-4-19-7-11-21(12-8-19)23-15-17-24(18-16-23)22-13-9-20(10-14-22)5-3-6-25(26)27/h3,6-8,11-12,20,22-24H,2,4-5,9-10,13-18H2,1H3,(H,26,27)/b6-3+. The van der Waals surface area contributed by atoms with Gasteiger partial charge in [-0.2, -0.15) is 0 Å². The number of allylic oxidation sites excluding steroid dienone is 1. The van der Waals surface area contributed by atoms with Gasteiger partial charge in [-0.1, -0.05) is 43.7 Å². The second-order valence-corrected chi connectivity index (χ2v) is 8.86. The van der Waals surface area contributed by atoms with Gasteiger partial charge in [0.1, 0.15) is 0 Å². The second kappa shape index (κ2) is 10.1. The number of rotatable bonds is 7. The van der Waals surface area contributed by atoms with Crippen LogP contribution in [0.15, 0.2) is 36.4 Å². The van der Waals surface area contributed by atoms with Gasteiger partial charge in [0.05, 0.1) is 0 Å². The summed E-state index contributed by atoms with van der Waals surface area (Å²) in [5.74, 6) is 2.50. The van der Waals surface area contributed by atoms with Crippen molar-refractivity contribution in [3.8, 4) is 0 Å². The first-order chi connectivity index (χ1) is 13.2. The van der Waals surface area contributed by atoms with Crippen molar-refractivity contribution in [1.29, 1.82) is 0 Å². The van der Waals surface area contributed by atoms with E-state index in [2.05, 4.69) is 31.2 Å². The van der Waals surface area contributed by atoms with Crippen molar-refractivity contribution >= 4 is 5.97 Å². The van der Waals surface area contributed by atoms with Gasteiger partial charge in [0, 0.05) is 6.08 Å². The van der Waals surface area contributed by atoms with Crippen LogP contribution in [-0.2, 0) is 11.2 Å². The number of benzene rings is 1. The van der Waals surface area contributed by atoms with Crippen LogP contribution < -0.4 is 0 Å². The van der Waals surface area contributed by atoms with Gasteiger partial charge < -0.3 is 5.11 Å². The highest BCUT2D eigenvalue weighted by Crippen LogP contribution is 2.44. The first-order valence-electron chi connectivity index (χ1n) is 11.1. The first-order valence-corrected chi connectivity index (χ1v) is 11.1. The Bertz CT molecular complexity index is 600. The van der Waals surface area contributed by atoms with E-state index < -0.39 is 5.97 Å². The molecule has 0 aliphatic heterocycles. The van der Waals surface area contributed by atoms with E-state index in [0.29, 0.717) is 5.92 Å². The van der Waals surface area contributed by atoms with Gasteiger partial charge in [0.2, 0.25) is 0 Å². The van der Waals surface area contributed by atoms with E-state index in [4.69, 9.17) is 5.11 Å². The maximum atomic E-state index is 10.6. The molecule has 0 aromatic heterocycles. The average molecular weight is 369 g/mol. The lowest BCUT2D eigenvalue weighted by molar-refractivity contribution is -0.131. The summed E-state index contributed by atoms with van der Waals surface area (Å²) < 4.78 is 0. The molecular weight excluding hydrogens is 332 g/mol. The Morgan fingerprint density at radius 1 is 0.963 bits per heavy atom. The minimum Gasteiger partial charge on any atom is -0.478 e. The van der Waals surface area contributed by atoms with Gasteiger partial charge in [0.25, 0.3) is 0 Å². The SMILES string of the molecule is CCCc1ccc(C2CCC(C3CCC(C/C=C/C(=O)O)CC3)CC2)cc1. The molecule has 2 saturated carbocycles. The number of carboxylic acid groups (broad SMARTS) is 1. The lowest BCUT2D eigenvalue weighted by atomic mass is 9.68. The molecular formula is C25H36O2. The molecule has 27 heavy (non-hydrogen) atoms. The molecule has 2 aliphatic rings. The monoisotopic (exact) mass is 368 g/mol. The highest BCUT2D eigenvalue weighted by Gasteiger charge is 2.31. The number of hydrogen-bond donors (Lipinski definition) is 1. The minimum absolute atomic E-state index is 0.704. The zero-order chi connectivity index (χ0) is 19.1. The van der Waals surface area contributed by atoms with Crippen LogP contribution in [0.4, 0.5) is 0 Å². The molecule has 3 rings (SSSR count). The molecule has 0 amide bonds. The second-order valence-electron chi connectivity index (χ2n) is 8.86. The topological polar surface area (TPSA) is 37.3 Å². The van der Waals surface area contributed by atoms with Crippen molar-refractivity contribution in [2.75, 3.05) is 0 Å². The maximum Gasteiger partial charge on any atom is 0.327 e. The third-order valence-electron chi connectivity index (χ3n) is 7.05. The third kappa shape index (κ3) is 5.96. The largest absolute Gasteiger partial charge is 0.478 e. The smallest absolute Gasteiger partial charge is 0.327 e. The summed E-state index contributed by atoms with van der Waals surface area (Å²) in [6, 6.07) is 9.44. The summed E-state index contributed by atoms with van der Waals surface area (Å²) in [5, 5.41) is 8.71. The molecule has 2 fully saturated rings. The van der Waals surface area contributed by atoms with E-state index in [1.165, 1.54) is 75.8 Å². The summed E-state index contributed by atoms with van der Waals surface area (Å²) in [6.45, 7) is 2.25. The summed E-state index contributed by atoms with van der Waals surface area (Å²) >= 11 is 0. The van der Waals surface area contributed by atoms with Gasteiger partial charge in [-0.05, 0) is 99.0 Å². The summed E-state index contributed by atoms with van der Waals surface area (Å²) in [7, 11) is 0. The van der Waals surface area contributed by atoms with Gasteiger partial charge in [-0.25, -0.2) is 4.79 Å². The Balaban J connectivity index is 1.41. The fourth-order valence-electron chi connectivity index (χ4n) is 5.43. The molecule has 0 bridgehead atoms. The molecule has 0 unspecified atom stereocenters. The molecule has 1 aromatic rings. The molecule has 2 nitrogen and oxygen atoms in total. The highest BCUT2D eigenvalue weighted by molar-refractivity contribution is 5.79. The van der Waals surface area contributed by atoms with Crippen molar-refractivity contribution in [3.05, 3.63) is 47.5 Å². The van der Waals surface area contributed by atoms with E-state index in [-0.39, 0.29) is 0 Å². The molecule has 148 valence electrons. The highest BCUT2D eigenvalue weighted by atomic mass is 16.4. The summed E-state index contributed by atoms with van der Waals surface area (Å²) in [5.41, 5.74) is 3.03. The van der Waals surface area contributed by atoms with E-state index in [1.54, 1.807) is 5.56 Å². The molecule has 1 aromatic carbocycles.